The van der Waals surface area contributed by atoms with Gasteiger partial charge in [0.2, 0.25) is 0 Å². The summed E-state index contributed by atoms with van der Waals surface area (Å²) in [4.78, 5) is 2.38. The predicted octanol–water partition coefficient (Wildman–Crippen LogP) is 2.13. The van der Waals surface area contributed by atoms with Gasteiger partial charge in [-0.3, -0.25) is 0 Å². The molecule has 0 spiro atoms. The lowest BCUT2D eigenvalue weighted by Gasteiger charge is -2.32. The van der Waals surface area contributed by atoms with E-state index in [1.165, 1.54) is 11.3 Å². The Balaban J connectivity index is 2.45. The van der Waals surface area contributed by atoms with E-state index in [2.05, 4.69) is 50.1 Å². The van der Waals surface area contributed by atoms with Crippen LogP contribution in [0.1, 0.15) is 25.8 Å². The molecule has 1 atom stereocenters. The van der Waals surface area contributed by atoms with Crippen LogP contribution in [0.15, 0.2) is 24.3 Å². The van der Waals surface area contributed by atoms with Crippen molar-refractivity contribution in [1.82, 2.24) is 0 Å². The summed E-state index contributed by atoms with van der Waals surface area (Å²) >= 11 is 0. The molecule has 0 saturated carbocycles. The van der Waals surface area contributed by atoms with Gasteiger partial charge in [0.1, 0.15) is 0 Å². The van der Waals surface area contributed by atoms with E-state index >= 15 is 0 Å². The standard InChI is InChI=1S/C13H20N2/c1-13(2)10-6-4-5-7-11(10)15(3)12(13)8-9-14/h4-7,12H,8-9,14H2,1-3H3. The summed E-state index contributed by atoms with van der Waals surface area (Å²) in [5, 5.41) is 0. The van der Waals surface area contributed by atoms with Crippen molar-refractivity contribution >= 4 is 5.69 Å². The Morgan fingerprint density at radius 3 is 2.60 bits per heavy atom. The minimum atomic E-state index is 0.213. The van der Waals surface area contributed by atoms with Crippen LogP contribution in [-0.2, 0) is 5.41 Å². The molecule has 2 rings (SSSR count). The van der Waals surface area contributed by atoms with Crippen LogP contribution in [0.25, 0.3) is 0 Å². The Kier molecular flexibility index (Phi) is 2.47. The van der Waals surface area contributed by atoms with Crippen LogP contribution in [0.2, 0.25) is 0 Å². The number of para-hydroxylation sites is 1. The predicted molar refractivity (Wildman–Crippen MR) is 65.3 cm³/mol. The third-order valence-corrected chi connectivity index (χ3v) is 3.72. The number of hydrogen-bond acceptors (Lipinski definition) is 2. The number of fused-ring (bicyclic) bond motifs is 1. The number of benzene rings is 1. The van der Waals surface area contributed by atoms with E-state index in [9.17, 15) is 0 Å². The zero-order chi connectivity index (χ0) is 11.1. The van der Waals surface area contributed by atoms with E-state index in [0.717, 1.165) is 13.0 Å². The molecule has 1 aromatic rings. The number of anilines is 1. The summed E-state index contributed by atoms with van der Waals surface area (Å²) in [5.41, 5.74) is 8.72. The highest BCUT2D eigenvalue weighted by molar-refractivity contribution is 5.63. The van der Waals surface area contributed by atoms with Gasteiger partial charge < -0.3 is 10.6 Å². The SMILES string of the molecule is CN1c2ccccc2C(C)(C)C1CCN. The van der Waals surface area contributed by atoms with Gasteiger partial charge in [0.15, 0.2) is 0 Å². The normalized spacial score (nSPS) is 22.9. The van der Waals surface area contributed by atoms with Gasteiger partial charge in [0.25, 0.3) is 0 Å². The van der Waals surface area contributed by atoms with E-state index in [0.29, 0.717) is 6.04 Å². The highest BCUT2D eigenvalue weighted by Gasteiger charge is 2.41. The molecule has 82 valence electrons. The van der Waals surface area contributed by atoms with Crippen molar-refractivity contribution in [3.63, 3.8) is 0 Å². The second-order valence-electron chi connectivity index (χ2n) is 4.94. The molecule has 1 unspecified atom stereocenters. The first-order valence-electron chi connectivity index (χ1n) is 5.61. The van der Waals surface area contributed by atoms with Crippen molar-refractivity contribution in [2.75, 3.05) is 18.5 Å². The molecule has 0 radical (unpaired) electrons. The van der Waals surface area contributed by atoms with Gasteiger partial charge in [-0.1, -0.05) is 32.0 Å². The molecule has 2 heteroatoms. The number of nitrogens with two attached hydrogens (primary N) is 1. The molecule has 15 heavy (non-hydrogen) atoms. The largest absolute Gasteiger partial charge is 0.370 e. The monoisotopic (exact) mass is 204 g/mol. The van der Waals surface area contributed by atoms with E-state index in [1.54, 1.807) is 0 Å². The van der Waals surface area contributed by atoms with Gasteiger partial charge in [-0.2, -0.15) is 0 Å². The van der Waals surface area contributed by atoms with Gasteiger partial charge in [0, 0.05) is 24.2 Å². The lowest BCUT2D eigenvalue weighted by molar-refractivity contribution is 0.409. The molecule has 2 N–H and O–H groups in total. The molecule has 0 saturated heterocycles. The quantitative estimate of drug-likeness (QED) is 0.799. The summed E-state index contributed by atoms with van der Waals surface area (Å²) in [6.45, 7) is 5.39. The van der Waals surface area contributed by atoms with Crippen molar-refractivity contribution < 1.29 is 0 Å². The fourth-order valence-corrected chi connectivity index (χ4v) is 2.87. The zero-order valence-corrected chi connectivity index (χ0v) is 9.83. The van der Waals surface area contributed by atoms with Crippen LogP contribution in [0, 0.1) is 0 Å². The van der Waals surface area contributed by atoms with E-state index in [-0.39, 0.29) is 5.41 Å². The maximum Gasteiger partial charge on any atom is 0.0405 e. The molecular formula is C13H20N2. The second kappa shape index (κ2) is 3.53. The molecular weight excluding hydrogens is 184 g/mol. The second-order valence-corrected chi connectivity index (χ2v) is 4.94. The van der Waals surface area contributed by atoms with Crippen LogP contribution < -0.4 is 10.6 Å². The maximum atomic E-state index is 5.70. The molecule has 1 aliphatic rings. The summed E-state index contributed by atoms with van der Waals surface area (Å²) < 4.78 is 0. The third kappa shape index (κ3) is 1.44. The zero-order valence-electron chi connectivity index (χ0n) is 9.83. The smallest absolute Gasteiger partial charge is 0.0405 e. The van der Waals surface area contributed by atoms with Crippen molar-refractivity contribution in [2.45, 2.75) is 31.7 Å². The summed E-state index contributed by atoms with van der Waals surface area (Å²) in [6.07, 6.45) is 1.05. The van der Waals surface area contributed by atoms with Crippen LogP contribution in [0.3, 0.4) is 0 Å². The first kappa shape index (κ1) is 10.5. The van der Waals surface area contributed by atoms with Crippen LogP contribution in [-0.4, -0.2) is 19.6 Å². The Labute approximate surface area is 92.1 Å². The molecule has 1 aromatic carbocycles. The fourth-order valence-electron chi connectivity index (χ4n) is 2.87. The minimum Gasteiger partial charge on any atom is -0.370 e. The molecule has 0 aliphatic carbocycles. The van der Waals surface area contributed by atoms with Crippen LogP contribution in [0.4, 0.5) is 5.69 Å². The fraction of sp³-hybridized carbons (Fsp3) is 0.538. The van der Waals surface area contributed by atoms with Crippen molar-refractivity contribution in [3.8, 4) is 0 Å². The van der Waals surface area contributed by atoms with Crippen molar-refractivity contribution in [2.24, 2.45) is 5.73 Å². The van der Waals surface area contributed by atoms with E-state index < -0.39 is 0 Å². The summed E-state index contributed by atoms with van der Waals surface area (Å²) in [6, 6.07) is 9.20. The number of likely N-dealkylation sites (N-methyl/N-ethyl adjacent to an activating group) is 1. The van der Waals surface area contributed by atoms with Gasteiger partial charge in [-0.15, -0.1) is 0 Å². The average Bonchev–Trinajstić information content (AvgIpc) is 2.41. The third-order valence-electron chi connectivity index (χ3n) is 3.72. The lowest BCUT2D eigenvalue weighted by Crippen LogP contribution is -2.40. The Bertz CT molecular complexity index is 357. The summed E-state index contributed by atoms with van der Waals surface area (Å²) in [7, 11) is 2.17. The average molecular weight is 204 g/mol. The summed E-state index contributed by atoms with van der Waals surface area (Å²) in [5.74, 6) is 0. The first-order valence-corrected chi connectivity index (χ1v) is 5.61. The van der Waals surface area contributed by atoms with Crippen LogP contribution >= 0.6 is 0 Å². The molecule has 0 bridgehead atoms. The Morgan fingerprint density at radius 2 is 2.00 bits per heavy atom. The molecule has 0 aromatic heterocycles. The van der Waals surface area contributed by atoms with Gasteiger partial charge in [0.05, 0.1) is 0 Å². The van der Waals surface area contributed by atoms with E-state index in [1.807, 2.05) is 0 Å². The molecule has 0 amide bonds. The highest BCUT2D eigenvalue weighted by Crippen LogP contribution is 2.44. The number of hydrogen-bond donors (Lipinski definition) is 1. The Morgan fingerprint density at radius 1 is 1.33 bits per heavy atom. The minimum absolute atomic E-state index is 0.213. The number of rotatable bonds is 2. The van der Waals surface area contributed by atoms with Gasteiger partial charge >= 0.3 is 0 Å². The van der Waals surface area contributed by atoms with E-state index in [4.69, 9.17) is 5.73 Å². The Hall–Kier alpha value is -1.02. The topological polar surface area (TPSA) is 29.3 Å². The van der Waals surface area contributed by atoms with Crippen molar-refractivity contribution in [1.29, 1.82) is 0 Å². The maximum absolute atomic E-state index is 5.70. The molecule has 2 nitrogen and oxygen atoms in total. The molecule has 1 aliphatic heterocycles. The lowest BCUT2D eigenvalue weighted by atomic mass is 9.79. The van der Waals surface area contributed by atoms with Gasteiger partial charge in [-0.25, -0.2) is 0 Å². The molecule has 1 heterocycles. The number of nitrogens with zero attached hydrogens (tertiary/aromatic N) is 1. The highest BCUT2D eigenvalue weighted by atomic mass is 15.2. The molecule has 0 fully saturated rings. The first-order chi connectivity index (χ1) is 7.09. The van der Waals surface area contributed by atoms with Gasteiger partial charge in [-0.05, 0) is 24.6 Å². The van der Waals surface area contributed by atoms with Crippen LogP contribution in [0.5, 0.6) is 0 Å². The van der Waals surface area contributed by atoms with Crippen molar-refractivity contribution in [3.05, 3.63) is 29.8 Å².